The quantitative estimate of drug-likeness (QED) is 0.703. The van der Waals surface area contributed by atoms with Gasteiger partial charge in [-0.3, -0.25) is 0 Å². The van der Waals surface area contributed by atoms with Gasteiger partial charge in [0.25, 0.3) is 0 Å². The van der Waals surface area contributed by atoms with Crippen molar-refractivity contribution in [2.24, 2.45) is 0 Å². The summed E-state index contributed by atoms with van der Waals surface area (Å²) in [5.74, 6) is 0. The lowest BCUT2D eigenvalue weighted by Crippen LogP contribution is -2.41. The molecule has 0 fully saturated rings. The van der Waals surface area contributed by atoms with Gasteiger partial charge >= 0.3 is 0 Å². The van der Waals surface area contributed by atoms with Crippen LogP contribution in [0.3, 0.4) is 0 Å². The Labute approximate surface area is 88.1 Å². The van der Waals surface area contributed by atoms with E-state index in [2.05, 4.69) is 44.0 Å². The highest BCUT2D eigenvalue weighted by Gasteiger charge is 2.08. The number of hydrogen-bond acceptors (Lipinski definition) is 3. The van der Waals surface area contributed by atoms with Crippen LogP contribution in [0.4, 0.5) is 0 Å². The highest BCUT2D eigenvalue weighted by atomic mass is 15.1. The molecular formula is C11H23N3. The molecule has 0 aromatic rings. The van der Waals surface area contributed by atoms with Crippen molar-refractivity contribution < 1.29 is 0 Å². The van der Waals surface area contributed by atoms with Crippen molar-refractivity contribution in [2.45, 2.75) is 39.7 Å². The molecule has 0 heterocycles. The molecule has 0 aliphatic heterocycles. The predicted octanol–water partition coefficient (Wildman–Crippen LogP) is 1.61. The number of hydrogen-bond donors (Lipinski definition) is 1. The molecule has 0 radical (unpaired) electrons. The minimum absolute atomic E-state index is 0.189. The third-order valence-electron chi connectivity index (χ3n) is 2.07. The fourth-order valence-corrected chi connectivity index (χ4v) is 1.23. The van der Waals surface area contributed by atoms with Gasteiger partial charge in [0.2, 0.25) is 0 Å². The van der Waals surface area contributed by atoms with Crippen LogP contribution in [0.25, 0.3) is 0 Å². The first-order valence-corrected chi connectivity index (χ1v) is 5.34. The van der Waals surface area contributed by atoms with Crippen molar-refractivity contribution in [1.82, 2.24) is 10.2 Å². The summed E-state index contributed by atoms with van der Waals surface area (Å²) in [4.78, 5) is 2.29. The molecule has 0 atom stereocenters. The van der Waals surface area contributed by atoms with Gasteiger partial charge in [0.05, 0.1) is 6.07 Å². The third kappa shape index (κ3) is 8.03. The minimum atomic E-state index is 0.189. The van der Waals surface area contributed by atoms with Gasteiger partial charge < -0.3 is 10.2 Å². The molecule has 3 heteroatoms. The van der Waals surface area contributed by atoms with E-state index in [1.165, 1.54) is 0 Å². The molecule has 0 aromatic carbocycles. The van der Waals surface area contributed by atoms with Crippen LogP contribution in [0.1, 0.15) is 34.1 Å². The van der Waals surface area contributed by atoms with Crippen molar-refractivity contribution in [1.29, 1.82) is 5.26 Å². The van der Waals surface area contributed by atoms with Gasteiger partial charge in [0, 0.05) is 31.6 Å². The third-order valence-corrected chi connectivity index (χ3v) is 2.07. The molecule has 0 unspecified atom stereocenters. The lowest BCUT2D eigenvalue weighted by atomic mass is 10.1. The molecule has 3 nitrogen and oxygen atoms in total. The summed E-state index contributed by atoms with van der Waals surface area (Å²) in [5, 5.41) is 11.9. The Hall–Kier alpha value is -0.590. The van der Waals surface area contributed by atoms with E-state index in [4.69, 9.17) is 5.26 Å². The molecule has 0 spiro atoms. The summed E-state index contributed by atoms with van der Waals surface area (Å²) >= 11 is 0. The second kappa shape index (κ2) is 6.80. The maximum atomic E-state index is 8.47. The SMILES string of the molecule is CCN(CCC#N)CCNC(C)(C)C. The average molecular weight is 197 g/mol. The maximum absolute atomic E-state index is 8.47. The van der Waals surface area contributed by atoms with Gasteiger partial charge in [-0.2, -0.15) is 5.26 Å². The summed E-state index contributed by atoms with van der Waals surface area (Å²) in [6.45, 7) is 12.6. The van der Waals surface area contributed by atoms with Crippen LogP contribution in [0.15, 0.2) is 0 Å². The molecule has 14 heavy (non-hydrogen) atoms. The lowest BCUT2D eigenvalue weighted by molar-refractivity contribution is 0.278. The summed E-state index contributed by atoms with van der Waals surface area (Å²) in [6.07, 6.45) is 0.628. The van der Waals surface area contributed by atoms with Gasteiger partial charge in [0.1, 0.15) is 0 Å². The zero-order valence-electron chi connectivity index (χ0n) is 9.93. The molecule has 0 saturated carbocycles. The molecule has 0 aliphatic rings. The van der Waals surface area contributed by atoms with Crippen LogP contribution in [-0.4, -0.2) is 36.6 Å². The largest absolute Gasteiger partial charge is 0.311 e. The molecule has 0 bridgehead atoms. The van der Waals surface area contributed by atoms with Gasteiger partial charge in [-0.05, 0) is 27.3 Å². The van der Waals surface area contributed by atoms with Crippen molar-refractivity contribution in [2.75, 3.05) is 26.2 Å². The Balaban J connectivity index is 3.58. The summed E-state index contributed by atoms with van der Waals surface area (Å²) in [5.41, 5.74) is 0.189. The molecule has 0 saturated heterocycles. The van der Waals surface area contributed by atoms with E-state index in [0.29, 0.717) is 6.42 Å². The number of nitriles is 1. The summed E-state index contributed by atoms with van der Waals surface area (Å²) in [7, 11) is 0. The van der Waals surface area contributed by atoms with Crippen LogP contribution in [0.2, 0.25) is 0 Å². The Kier molecular flexibility index (Phi) is 6.52. The zero-order chi connectivity index (χ0) is 11.0. The zero-order valence-corrected chi connectivity index (χ0v) is 9.93. The number of nitrogens with one attached hydrogen (secondary N) is 1. The van der Waals surface area contributed by atoms with E-state index < -0.39 is 0 Å². The van der Waals surface area contributed by atoms with Gasteiger partial charge in [-0.15, -0.1) is 0 Å². The van der Waals surface area contributed by atoms with Crippen LogP contribution >= 0.6 is 0 Å². The Morgan fingerprint density at radius 1 is 1.29 bits per heavy atom. The monoisotopic (exact) mass is 197 g/mol. The fourth-order valence-electron chi connectivity index (χ4n) is 1.23. The standard InChI is InChI=1S/C11H23N3/c1-5-14(9-6-7-12)10-8-13-11(2,3)4/h13H,5-6,8-10H2,1-4H3. The first kappa shape index (κ1) is 13.4. The number of likely N-dealkylation sites (N-methyl/N-ethyl adjacent to an activating group) is 1. The highest BCUT2D eigenvalue weighted by molar-refractivity contribution is 4.74. The first-order chi connectivity index (χ1) is 6.49. The maximum Gasteiger partial charge on any atom is 0.0635 e. The molecule has 0 rings (SSSR count). The topological polar surface area (TPSA) is 39.1 Å². The highest BCUT2D eigenvalue weighted by Crippen LogP contribution is 1.98. The van der Waals surface area contributed by atoms with E-state index in [1.807, 2.05) is 0 Å². The van der Waals surface area contributed by atoms with Crippen LogP contribution < -0.4 is 5.32 Å². The van der Waals surface area contributed by atoms with E-state index in [0.717, 1.165) is 26.2 Å². The normalized spacial score (nSPS) is 11.7. The first-order valence-electron chi connectivity index (χ1n) is 5.34. The molecule has 0 aliphatic carbocycles. The van der Waals surface area contributed by atoms with Crippen LogP contribution in [0.5, 0.6) is 0 Å². The van der Waals surface area contributed by atoms with E-state index in [-0.39, 0.29) is 5.54 Å². The van der Waals surface area contributed by atoms with Crippen LogP contribution in [0, 0.1) is 11.3 Å². The summed E-state index contributed by atoms with van der Waals surface area (Å²) < 4.78 is 0. The fraction of sp³-hybridized carbons (Fsp3) is 0.909. The Bertz CT molecular complexity index is 176. The van der Waals surface area contributed by atoms with E-state index in [1.54, 1.807) is 0 Å². The molecular weight excluding hydrogens is 174 g/mol. The van der Waals surface area contributed by atoms with Crippen molar-refractivity contribution in [3.05, 3.63) is 0 Å². The van der Waals surface area contributed by atoms with Gasteiger partial charge in [0.15, 0.2) is 0 Å². The second-order valence-corrected chi connectivity index (χ2v) is 4.52. The number of rotatable bonds is 6. The second-order valence-electron chi connectivity index (χ2n) is 4.52. The summed E-state index contributed by atoms with van der Waals surface area (Å²) in [6, 6.07) is 2.18. The Morgan fingerprint density at radius 2 is 1.93 bits per heavy atom. The van der Waals surface area contributed by atoms with Crippen LogP contribution in [-0.2, 0) is 0 Å². The smallest absolute Gasteiger partial charge is 0.0635 e. The van der Waals surface area contributed by atoms with Gasteiger partial charge in [-0.25, -0.2) is 0 Å². The number of nitrogens with zero attached hydrogens (tertiary/aromatic N) is 2. The molecule has 1 N–H and O–H groups in total. The minimum Gasteiger partial charge on any atom is -0.311 e. The predicted molar refractivity (Wildman–Crippen MR) is 60.1 cm³/mol. The average Bonchev–Trinajstić information content (AvgIpc) is 2.09. The molecule has 0 aromatic heterocycles. The van der Waals surface area contributed by atoms with Gasteiger partial charge in [-0.1, -0.05) is 6.92 Å². The van der Waals surface area contributed by atoms with Crippen molar-refractivity contribution in [3.8, 4) is 6.07 Å². The Morgan fingerprint density at radius 3 is 2.36 bits per heavy atom. The van der Waals surface area contributed by atoms with Crippen molar-refractivity contribution >= 4 is 0 Å². The lowest BCUT2D eigenvalue weighted by Gasteiger charge is -2.24. The molecule has 82 valence electrons. The van der Waals surface area contributed by atoms with E-state index >= 15 is 0 Å². The van der Waals surface area contributed by atoms with Crippen molar-refractivity contribution in [3.63, 3.8) is 0 Å². The molecule has 0 amide bonds. The van der Waals surface area contributed by atoms with E-state index in [9.17, 15) is 0 Å².